The molecule has 20 heavy (non-hydrogen) atoms. The summed E-state index contributed by atoms with van der Waals surface area (Å²) >= 11 is 4.55. The van der Waals surface area contributed by atoms with Crippen molar-refractivity contribution in [2.24, 2.45) is 0 Å². The normalized spacial score (nSPS) is 11.9. The molecule has 0 aliphatic carbocycles. The lowest BCUT2D eigenvalue weighted by Gasteiger charge is -2.06. The number of hydrogen-bond acceptors (Lipinski definition) is 3. The molecule has 0 saturated carbocycles. The number of aromatic nitrogens is 1. The number of sulfonamides is 1. The Morgan fingerprint density at radius 1 is 1.25 bits per heavy atom. The maximum absolute atomic E-state index is 12.3. The van der Waals surface area contributed by atoms with E-state index in [0.29, 0.717) is 9.90 Å². The van der Waals surface area contributed by atoms with Crippen LogP contribution < -0.4 is 4.72 Å². The Morgan fingerprint density at radius 2 is 2.05 bits per heavy atom. The number of fused-ring (bicyclic) bond motifs is 1. The molecular weight excluding hydrogens is 360 g/mol. The van der Waals surface area contributed by atoms with E-state index in [9.17, 15) is 8.42 Å². The zero-order chi connectivity index (χ0) is 14.3. The van der Waals surface area contributed by atoms with Crippen LogP contribution in [-0.4, -0.2) is 13.4 Å². The summed E-state index contributed by atoms with van der Waals surface area (Å²) in [7, 11) is -3.54. The minimum Gasteiger partial charge on any atom is -0.361 e. The van der Waals surface area contributed by atoms with Gasteiger partial charge in [-0.05, 0) is 58.7 Å². The van der Waals surface area contributed by atoms with Crippen LogP contribution in [0.15, 0.2) is 44.5 Å². The zero-order valence-electron chi connectivity index (χ0n) is 10.5. The highest BCUT2D eigenvalue weighted by Gasteiger charge is 2.18. The Balaban J connectivity index is 1.96. The maximum Gasteiger partial charge on any atom is 0.271 e. The summed E-state index contributed by atoms with van der Waals surface area (Å²) in [5.74, 6) is 0. The van der Waals surface area contributed by atoms with Crippen LogP contribution in [0.4, 0.5) is 5.69 Å². The van der Waals surface area contributed by atoms with Gasteiger partial charge in [-0.3, -0.25) is 4.72 Å². The van der Waals surface area contributed by atoms with Crippen LogP contribution in [0.2, 0.25) is 0 Å². The van der Waals surface area contributed by atoms with E-state index in [1.807, 2.05) is 25.3 Å². The number of thiophene rings is 1. The summed E-state index contributed by atoms with van der Waals surface area (Å²) in [6, 6.07) is 8.96. The van der Waals surface area contributed by atoms with E-state index in [-0.39, 0.29) is 0 Å². The predicted octanol–water partition coefficient (Wildman–Crippen LogP) is 4.10. The molecule has 0 aliphatic heterocycles. The molecule has 0 unspecified atom stereocenters. The van der Waals surface area contributed by atoms with Crippen LogP contribution in [0.1, 0.15) is 5.56 Å². The fraction of sp³-hybridized carbons (Fsp3) is 0.0769. The second kappa shape index (κ2) is 4.91. The van der Waals surface area contributed by atoms with Crippen LogP contribution in [0.25, 0.3) is 10.9 Å². The highest BCUT2D eigenvalue weighted by atomic mass is 79.9. The summed E-state index contributed by atoms with van der Waals surface area (Å²) in [4.78, 5) is 3.07. The first-order valence-electron chi connectivity index (χ1n) is 5.81. The smallest absolute Gasteiger partial charge is 0.271 e. The minimum absolute atomic E-state index is 0.302. The second-order valence-corrected chi connectivity index (χ2v) is 8.69. The van der Waals surface area contributed by atoms with Crippen LogP contribution in [-0.2, 0) is 10.0 Å². The molecule has 0 amide bonds. The summed E-state index contributed by atoms with van der Waals surface area (Å²) in [6.45, 7) is 1.87. The molecule has 0 saturated heterocycles. The first-order valence-corrected chi connectivity index (χ1v) is 8.91. The highest BCUT2D eigenvalue weighted by Crippen LogP contribution is 2.31. The third-order valence-corrected chi connectivity index (χ3v) is 6.90. The monoisotopic (exact) mass is 370 g/mol. The van der Waals surface area contributed by atoms with Crippen molar-refractivity contribution in [1.29, 1.82) is 0 Å². The fourth-order valence-electron chi connectivity index (χ4n) is 1.89. The van der Waals surface area contributed by atoms with Gasteiger partial charge in [-0.1, -0.05) is 0 Å². The number of rotatable bonds is 3. The van der Waals surface area contributed by atoms with Crippen molar-refractivity contribution in [2.45, 2.75) is 11.1 Å². The van der Waals surface area contributed by atoms with Gasteiger partial charge in [0.15, 0.2) is 0 Å². The van der Waals surface area contributed by atoms with Gasteiger partial charge in [-0.25, -0.2) is 8.42 Å². The number of nitrogens with one attached hydrogen (secondary N) is 2. The molecule has 1 aromatic carbocycles. The number of benzene rings is 1. The molecule has 0 radical (unpaired) electrons. The van der Waals surface area contributed by atoms with E-state index in [0.717, 1.165) is 20.3 Å². The number of aromatic amines is 1. The van der Waals surface area contributed by atoms with E-state index in [4.69, 9.17) is 0 Å². The molecule has 0 aliphatic rings. The first kappa shape index (κ1) is 13.7. The lowest BCUT2D eigenvalue weighted by atomic mass is 10.2. The van der Waals surface area contributed by atoms with Gasteiger partial charge in [-0.15, -0.1) is 11.3 Å². The van der Waals surface area contributed by atoms with Gasteiger partial charge in [0.05, 0.1) is 3.79 Å². The number of H-pyrrole nitrogens is 1. The van der Waals surface area contributed by atoms with Gasteiger partial charge in [0.2, 0.25) is 0 Å². The third-order valence-electron chi connectivity index (χ3n) is 2.90. The van der Waals surface area contributed by atoms with Crippen molar-refractivity contribution in [3.05, 3.63) is 45.9 Å². The Bertz CT molecular complexity index is 861. The Labute approximate surface area is 129 Å². The summed E-state index contributed by atoms with van der Waals surface area (Å²) in [5, 5.41) is 0.966. The van der Waals surface area contributed by atoms with Gasteiger partial charge in [0, 0.05) is 22.8 Å². The topological polar surface area (TPSA) is 62.0 Å². The minimum atomic E-state index is -3.54. The van der Waals surface area contributed by atoms with Crippen LogP contribution in [0.3, 0.4) is 0 Å². The van der Waals surface area contributed by atoms with Crippen LogP contribution >= 0.6 is 27.3 Å². The van der Waals surface area contributed by atoms with Crippen LogP contribution in [0, 0.1) is 6.92 Å². The molecule has 0 atom stereocenters. The second-order valence-electron chi connectivity index (χ2n) is 4.41. The van der Waals surface area contributed by atoms with Crippen molar-refractivity contribution in [1.82, 2.24) is 4.98 Å². The van der Waals surface area contributed by atoms with E-state index >= 15 is 0 Å². The molecule has 3 aromatic rings. The summed E-state index contributed by atoms with van der Waals surface area (Å²) < 4.78 is 28.4. The van der Waals surface area contributed by atoms with E-state index < -0.39 is 10.0 Å². The fourth-order valence-corrected chi connectivity index (χ4v) is 5.16. The molecule has 0 spiro atoms. The van der Waals surface area contributed by atoms with Crippen molar-refractivity contribution >= 4 is 53.9 Å². The van der Waals surface area contributed by atoms with Crippen molar-refractivity contribution in [2.75, 3.05) is 4.72 Å². The molecule has 104 valence electrons. The zero-order valence-corrected chi connectivity index (χ0v) is 13.7. The number of hydrogen-bond donors (Lipinski definition) is 2. The Morgan fingerprint density at radius 3 is 2.75 bits per heavy atom. The molecule has 0 bridgehead atoms. The predicted molar refractivity (Wildman–Crippen MR) is 85.9 cm³/mol. The van der Waals surface area contributed by atoms with Gasteiger partial charge in [-0.2, -0.15) is 0 Å². The van der Waals surface area contributed by atoms with Gasteiger partial charge >= 0.3 is 0 Å². The molecule has 2 heterocycles. The molecule has 4 nitrogen and oxygen atoms in total. The number of anilines is 1. The Kier molecular flexibility index (Phi) is 3.35. The van der Waals surface area contributed by atoms with Crippen molar-refractivity contribution < 1.29 is 8.42 Å². The summed E-state index contributed by atoms with van der Waals surface area (Å²) in [6.07, 6.45) is 1.82. The highest BCUT2D eigenvalue weighted by molar-refractivity contribution is 9.11. The quantitative estimate of drug-likeness (QED) is 0.728. The average Bonchev–Trinajstić information content (AvgIpc) is 2.96. The molecule has 0 fully saturated rings. The molecule has 3 rings (SSSR count). The van der Waals surface area contributed by atoms with E-state index in [1.165, 1.54) is 11.3 Å². The molecule has 2 aromatic heterocycles. The largest absolute Gasteiger partial charge is 0.361 e. The standard InChI is InChI=1S/C13H11BrN2O2S2/c1-8-6-12(19-13(8)14)20(17,18)16-10-2-3-11-9(7-10)4-5-15-11/h2-7,15-16H,1H3. The van der Waals surface area contributed by atoms with Crippen molar-refractivity contribution in [3.63, 3.8) is 0 Å². The Hall–Kier alpha value is -1.31. The third kappa shape index (κ3) is 2.48. The maximum atomic E-state index is 12.3. The van der Waals surface area contributed by atoms with E-state index in [2.05, 4.69) is 25.6 Å². The SMILES string of the molecule is Cc1cc(S(=O)(=O)Nc2ccc3[nH]ccc3c2)sc1Br. The first-order chi connectivity index (χ1) is 9.45. The molecular formula is C13H11BrN2O2S2. The van der Waals surface area contributed by atoms with Gasteiger partial charge in [0.1, 0.15) is 4.21 Å². The lowest BCUT2D eigenvalue weighted by molar-refractivity contribution is 0.603. The number of halogens is 1. The van der Waals surface area contributed by atoms with E-state index in [1.54, 1.807) is 18.2 Å². The van der Waals surface area contributed by atoms with Crippen LogP contribution in [0.5, 0.6) is 0 Å². The van der Waals surface area contributed by atoms with Crippen molar-refractivity contribution in [3.8, 4) is 0 Å². The molecule has 2 N–H and O–H groups in total. The molecule has 7 heteroatoms. The lowest BCUT2D eigenvalue weighted by Crippen LogP contribution is -2.11. The average molecular weight is 371 g/mol. The van der Waals surface area contributed by atoms with Gasteiger partial charge < -0.3 is 4.98 Å². The summed E-state index contributed by atoms with van der Waals surface area (Å²) in [5.41, 5.74) is 2.44. The number of aryl methyl sites for hydroxylation is 1. The van der Waals surface area contributed by atoms with Gasteiger partial charge in [0.25, 0.3) is 10.0 Å².